The van der Waals surface area contributed by atoms with Crippen molar-refractivity contribution in [3.8, 4) is 12.1 Å². The minimum atomic E-state index is -0.731. The number of esters is 1. The molecule has 2 aromatic rings. The molecule has 1 aliphatic rings. The SMILES string of the molecule is CCc1nc(SCC2=C(C(=O)OC)C(c3ccc(C(C)C)cc3)C(C#N)=C(N)O2)c(C#N)cc1C. The van der Waals surface area contributed by atoms with Crippen LogP contribution in [0.25, 0.3) is 0 Å². The molecule has 0 saturated heterocycles. The number of carbonyl (C=O) groups is 1. The fourth-order valence-corrected chi connectivity index (χ4v) is 4.90. The molecule has 1 aromatic heterocycles. The fourth-order valence-electron chi connectivity index (χ4n) is 3.98. The van der Waals surface area contributed by atoms with Gasteiger partial charge in [-0.15, -0.1) is 0 Å². The lowest BCUT2D eigenvalue weighted by Crippen LogP contribution is -2.26. The predicted molar refractivity (Wildman–Crippen MR) is 134 cm³/mol. The Kier molecular flexibility index (Phi) is 8.22. The molecule has 3 rings (SSSR count). The molecule has 2 heterocycles. The number of hydrogen-bond donors (Lipinski definition) is 1. The molecule has 180 valence electrons. The van der Waals surface area contributed by atoms with Gasteiger partial charge < -0.3 is 15.2 Å². The summed E-state index contributed by atoms with van der Waals surface area (Å²) in [5, 5.41) is 20.0. The van der Waals surface area contributed by atoms with Crippen molar-refractivity contribution in [2.45, 2.75) is 51.0 Å². The third-order valence-corrected chi connectivity index (χ3v) is 6.91. The van der Waals surface area contributed by atoms with Crippen LogP contribution in [0.1, 0.15) is 60.6 Å². The van der Waals surface area contributed by atoms with Crippen molar-refractivity contribution < 1.29 is 14.3 Å². The summed E-state index contributed by atoms with van der Waals surface area (Å²) >= 11 is 1.28. The lowest BCUT2D eigenvalue weighted by molar-refractivity contribution is -0.136. The van der Waals surface area contributed by atoms with E-state index in [0.717, 1.165) is 28.8 Å². The van der Waals surface area contributed by atoms with Gasteiger partial charge in [-0.2, -0.15) is 10.5 Å². The molecule has 0 fully saturated rings. The van der Waals surface area contributed by atoms with Gasteiger partial charge in [0.15, 0.2) is 0 Å². The first-order chi connectivity index (χ1) is 16.7. The largest absolute Gasteiger partial charge is 0.466 e. The highest BCUT2D eigenvalue weighted by molar-refractivity contribution is 7.99. The second-order valence-corrected chi connectivity index (χ2v) is 9.40. The number of carbonyl (C=O) groups excluding carboxylic acids is 1. The molecular weight excluding hydrogens is 460 g/mol. The number of nitriles is 2. The summed E-state index contributed by atoms with van der Waals surface area (Å²) in [7, 11) is 1.29. The normalized spacial score (nSPS) is 15.5. The van der Waals surface area contributed by atoms with Gasteiger partial charge in [0.2, 0.25) is 5.88 Å². The number of benzene rings is 1. The number of aryl methyl sites for hydroxylation is 2. The van der Waals surface area contributed by atoms with Crippen molar-refractivity contribution in [1.29, 1.82) is 10.5 Å². The van der Waals surface area contributed by atoms with Crippen LogP contribution in [0.3, 0.4) is 0 Å². The Morgan fingerprint density at radius 3 is 2.49 bits per heavy atom. The summed E-state index contributed by atoms with van der Waals surface area (Å²) in [6.07, 6.45) is 0.730. The molecule has 8 heteroatoms. The van der Waals surface area contributed by atoms with Crippen LogP contribution >= 0.6 is 11.8 Å². The van der Waals surface area contributed by atoms with E-state index in [9.17, 15) is 15.3 Å². The molecule has 35 heavy (non-hydrogen) atoms. The van der Waals surface area contributed by atoms with Crippen molar-refractivity contribution >= 4 is 17.7 Å². The summed E-state index contributed by atoms with van der Waals surface area (Å²) in [5.41, 5.74) is 10.7. The number of hydrogen-bond acceptors (Lipinski definition) is 8. The van der Waals surface area contributed by atoms with E-state index < -0.39 is 11.9 Å². The molecule has 0 radical (unpaired) electrons. The third-order valence-electron chi connectivity index (χ3n) is 5.92. The van der Waals surface area contributed by atoms with Crippen LogP contribution in [0, 0.1) is 29.6 Å². The number of pyridine rings is 1. The van der Waals surface area contributed by atoms with E-state index in [1.54, 1.807) is 0 Å². The molecule has 1 unspecified atom stereocenters. The van der Waals surface area contributed by atoms with Crippen LogP contribution in [0.2, 0.25) is 0 Å². The van der Waals surface area contributed by atoms with Gasteiger partial charge in [-0.3, -0.25) is 0 Å². The van der Waals surface area contributed by atoms with Crippen LogP contribution in [-0.4, -0.2) is 23.8 Å². The minimum Gasteiger partial charge on any atom is -0.466 e. The second kappa shape index (κ2) is 11.1. The van der Waals surface area contributed by atoms with Gasteiger partial charge in [-0.1, -0.05) is 56.8 Å². The quantitative estimate of drug-likeness (QED) is 0.428. The molecule has 1 atom stereocenters. The monoisotopic (exact) mass is 488 g/mol. The van der Waals surface area contributed by atoms with Crippen molar-refractivity contribution in [2.75, 3.05) is 12.9 Å². The molecule has 0 bridgehead atoms. The Morgan fingerprint density at radius 1 is 1.26 bits per heavy atom. The number of nitrogens with zero attached hydrogens (tertiary/aromatic N) is 3. The van der Waals surface area contributed by atoms with Gasteiger partial charge >= 0.3 is 5.97 Å². The molecular formula is C27H28N4O3S. The van der Waals surface area contributed by atoms with Crippen molar-refractivity contribution in [2.24, 2.45) is 5.73 Å². The number of allylic oxidation sites excluding steroid dienone is 1. The molecule has 0 saturated carbocycles. The highest BCUT2D eigenvalue weighted by Gasteiger charge is 2.37. The van der Waals surface area contributed by atoms with Crippen LogP contribution in [-0.2, 0) is 20.7 Å². The lowest BCUT2D eigenvalue weighted by atomic mass is 9.82. The zero-order valence-corrected chi connectivity index (χ0v) is 21.3. The molecule has 0 aliphatic carbocycles. The Hall–Kier alpha value is -3.75. The maximum atomic E-state index is 13.0. The number of rotatable bonds is 7. The van der Waals surface area contributed by atoms with Crippen molar-refractivity contribution in [1.82, 2.24) is 4.98 Å². The van der Waals surface area contributed by atoms with E-state index in [-0.39, 0.29) is 28.5 Å². The highest BCUT2D eigenvalue weighted by Crippen LogP contribution is 2.41. The topological polar surface area (TPSA) is 122 Å². The highest BCUT2D eigenvalue weighted by atomic mass is 32.2. The average molecular weight is 489 g/mol. The van der Waals surface area contributed by atoms with E-state index in [1.165, 1.54) is 18.9 Å². The predicted octanol–water partition coefficient (Wildman–Crippen LogP) is 4.97. The number of methoxy groups -OCH3 is 1. The maximum absolute atomic E-state index is 13.0. The summed E-state index contributed by atoms with van der Waals surface area (Å²) < 4.78 is 10.9. The number of aromatic nitrogens is 1. The number of ether oxygens (including phenoxy) is 2. The van der Waals surface area contributed by atoms with E-state index in [1.807, 2.05) is 44.2 Å². The van der Waals surface area contributed by atoms with Gasteiger partial charge in [0.25, 0.3) is 0 Å². The third kappa shape index (κ3) is 5.34. The second-order valence-electron chi connectivity index (χ2n) is 8.43. The van der Waals surface area contributed by atoms with E-state index >= 15 is 0 Å². The van der Waals surface area contributed by atoms with E-state index in [2.05, 4.69) is 31.0 Å². The average Bonchev–Trinajstić information content (AvgIpc) is 2.86. The zero-order chi connectivity index (χ0) is 25.7. The molecule has 0 amide bonds. The van der Waals surface area contributed by atoms with Crippen LogP contribution in [0.5, 0.6) is 0 Å². The summed E-state index contributed by atoms with van der Waals surface area (Å²) in [6.45, 7) is 8.11. The molecule has 1 aliphatic heterocycles. The first kappa shape index (κ1) is 25.9. The van der Waals surface area contributed by atoms with Crippen molar-refractivity contribution in [3.63, 3.8) is 0 Å². The van der Waals surface area contributed by atoms with Crippen LogP contribution < -0.4 is 5.73 Å². The van der Waals surface area contributed by atoms with Gasteiger partial charge in [0.05, 0.1) is 29.9 Å². The summed E-state index contributed by atoms with van der Waals surface area (Å²) in [6, 6.07) is 13.9. The van der Waals surface area contributed by atoms with E-state index in [4.69, 9.17) is 15.2 Å². The molecule has 0 spiro atoms. The maximum Gasteiger partial charge on any atom is 0.338 e. The van der Waals surface area contributed by atoms with Gasteiger partial charge in [0, 0.05) is 5.69 Å². The Labute approximate surface area is 210 Å². The lowest BCUT2D eigenvalue weighted by Gasteiger charge is -2.28. The van der Waals surface area contributed by atoms with Crippen LogP contribution in [0.15, 0.2) is 58.1 Å². The van der Waals surface area contributed by atoms with Gasteiger partial charge in [0.1, 0.15) is 28.5 Å². The molecule has 7 nitrogen and oxygen atoms in total. The smallest absolute Gasteiger partial charge is 0.338 e. The Bertz CT molecular complexity index is 1280. The fraction of sp³-hybridized carbons (Fsp3) is 0.333. The van der Waals surface area contributed by atoms with Crippen molar-refractivity contribution in [3.05, 3.63) is 81.1 Å². The minimum absolute atomic E-state index is 0.0553. The first-order valence-corrected chi connectivity index (χ1v) is 12.3. The summed E-state index contributed by atoms with van der Waals surface area (Å²) in [4.78, 5) is 17.6. The van der Waals surface area contributed by atoms with Gasteiger partial charge in [-0.05, 0) is 42.0 Å². The Morgan fingerprint density at radius 2 is 1.94 bits per heavy atom. The van der Waals surface area contributed by atoms with E-state index in [0.29, 0.717) is 16.5 Å². The van der Waals surface area contributed by atoms with Crippen LogP contribution in [0.4, 0.5) is 0 Å². The molecule has 2 N–H and O–H groups in total. The molecule has 1 aromatic carbocycles. The zero-order valence-electron chi connectivity index (χ0n) is 20.5. The number of thioether (sulfide) groups is 1. The first-order valence-electron chi connectivity index (χ1n) is 11.3. The van der Waals surface area contributed by atoms with Gasteiger partial charge in [-0.25, -0.2) is 9.78 Å². The standard InChI is InChI=1S/C27H28N4O3S/c1-6-21-16(4)11-19(12-28)26(31-21)35-14-22-24(27(32)33-5)23(20(13-29)25(30)34-22)18-9-7-17(8-10-18)15(2)3/h7-11,15,23H,6,14,30H2,1-5H3. The number of nitrogens with two attached hydrogens (primary N) is 1. The Balaban J connectivity index is 2.09. The summed E-state index contributed by atoms with van der Waals surface area (Å²) in [5.74, 6) is -0.600.